The van der Waals surface area contributed by atoms with Gasteiger partial charge in [0.25, 0.3) is 5.91 Å². The molecule has 1 N–H and O–H groups in total. The summed E-state index contributed by atoms with van der Waals surface area (Å²) in [5.41, 5.74) is 1.32. The first kappa shape index (κ1) is 18.0. The Morgan fingerprint density at radius 1 is 1.26 bits per heavy atom. The molecule has 2 aliphatic rings. The first-order valence-corrected chi connectivity index (χ1v) is 9.53. The molecule has 2 bridgehead atoms. The van der Waals surface area contributed by atoms with Crippen molar-refractivity contribution in [2.75, 3.05) is 25.1 Å². The van der Waals surface area contributed by atoms with Crippen LogP contribution in [-0.2, 0) is 0 Å². The highest BCUT2D eigenvalue weighted by Crippen LogP contribution is 2.38. The predicted octanol–water partition coefficient (Wildman–Crippen LogP) is 2.36. The van der Waals surface area contributed by atoms with E-state index in [0.29, 0.717) is 41.7 Å². The van der Waals surface area contributed by atoms with Crippen LogP contribution in [0.4, 0.5) is 5.82 Å². The van der Waals surface area contributed by atoms with Gasteiger partial charge < -0.3 is 19.5 Å². The van der Waals surface area contributed by atoms with E-state index in [-0.39, 0.29) is 11.9 Å². The topological polar surface area (TPSA) is 87.2 Å². The van der Waals surface area contributed by atoms with Gasteiger partial charge in [-0.3, -0.25) is 4.79 Å². The third-order valence-corrected chi connectivity index (χ3v) is 5.67. The summed E-state index contributed by atoms with van der Waals surface area (Å²) < 4.78 is 5.17. The summed E-state index contributed by atoms with van der Waals surface area (Å²) >= 11 is 6.40. The zero-order valence-electron chi connectivity index (χ0n) is 15.7. The van der Waals surface area contributed by atoms with Crippen LogP contribution in [0, 0.1) is 13.8 Å². The molecule has 2 atom stereocenters. The van der Waals surface area contributed by atoms with E-state index in [0.717, 1.165) is 30.8 Å². The smallest absolute Gasteiger partial charge is 0.318 e. The molecular formula is C18H23ClN6O2. The monoisotopic (exact) mass is 390 g/mol. The van der Waals surface area contributed by atoms with Gasteiger partial charge in [0.2, 0.25) is 0 Å². The van der Waals surface area contributed by atoms with Crippen LogP contribution in [0.25, 0.3) is 0 Å². The van der Waals surface area contributed by atoms with Gasteiger partial charge >= 0.3 is 6.01 Å². The number of halogens is 1. The summed E-state index contributed by atoms with van der Waals surface area (Å²) in [5.74, 6) is 1.43. The Hall–Kier alpha value is -2.35. The molecular weight excluding hydrogens is 368 g/mol. The molecule has 4 rings (SSSR count). The summed E-state index contributed by atoms with van der Waals surface area (Å²) in [6.07, 6.45) is 4.50. The number of anilines is 1. The average Bonchev–Trinajstić information content (AvgIpc) is 3.12. The van der Waals surface area contributed by atoms with Gasteiger partial charge in [-0.1, -0.05) is 11.6 Å². The Balaban J connectivity index is 1.61. The van der Waals surface area contributed by atoms with Gasteiger partial charge in [-0.15, -0.1) is 0 Å². The summed E-state index contributed by atoms with van der Waals surface area (Å²) in [5, 5.41) is 0.506. The summed E-state index contributed by atoms with van der Waals surface area (Å²) in [6.45, 7) is 5.07. The molecule has 0 saturated carbocycles. The van der Waals surface area contributed by atoms with Crippen LogP contribution in [0.5, 0.6) is 6.01 Å². The number of methoxy groups -OCH3 is 1. The molecule has 0 aromatic carbocycles. The highest BCUT2D eigenvalue weighted by atomic mass is 35.5. The second-order valence-corrected chi connectivity index (χ2v) is 7.56. The molecule has 2 aliphatic heterocycles. The van der Waals surface area contributed by atoms with Crippen molar-refractivity contribution in [1.29, 1.82) is 0 Å². The summed E-state index contributed by atoms with van der Waals surface area (Å²) in [6, 6.07) is 0.763. The number of nitrogens with zero attached hydrogens (tertiary/aromatic N) is 5. The van der Waals surface area contributed by atoms with E-state index < -0.39 is 0 Å². The molecule has 0 radical (unpaired) electrons. The van der Waals surface area contributed by atoms with Gasteiger partial charge in [-0.05, 0) is 33.1 Å². The van der Waals surface area contributed by atoms with E-state index in [1.54, 1.807) is 13.3 Å². The number of likely N-dealkylation sites (tertiary alicyclic amines) is 1. The number of amides is 1. The number of hydrogen-bond donors (Lipinski definition) is 1. The summed E-state index contributed by atoms with van der Waals surface area (Å²) in [4.78, 5) is 33.2. The second-order valence-electron chi connectivity index (χ2n) is 7.16. The number of carbonyl (C=O) groups is 1. The van der Waals surface area contributed by atoms with Gasteiger partial charge in [-0.2, -0.15) is 4.98 Å². The van der Waals surface area contributed by atoms with Gasteiger partial charge in [-0.25, -0.2) is 9.97 Å². The van der Waals surface area contributed by atoms with Crippen molar-refractivity contribution in [2.24, 2.45) is 0 Å². The molecule has 8 nitrogen and oxygen atoms in total. The van der Waals surface area contributed by atoms with Crippen LogP contribution in [-0.4, -0.2) is 63.0 Å². The number of carbonyl (C=O) groups excluding carboxylic acids is 1. The highest BCUT2D eigenvalue weighted by Gasteiger charge is 2.40. The van der Waals surface area contributed by atoms with Gasteiger partial charge in [0.05, 0.1) is 13.3 Å². The second kappa shape index (κ2) is 6.99. The quantitative estimate of drug-likeness (QED) is 0.865. The van der Waals surface area contributed by atoms with Crippen molar-refractivity contribution in [3.63, 3.8) is 0 Å². The molecule has 2 fully saturated rings. The molecule has 0 aliphatic carbocycles. The van der Waals surface area contributed by atoms with Crippen LogP contribution in [0.3, 0.4) is 0 Å². The average molecular weight is 391 g/mol. The van der Waals surface area contributed by atoms with E-state index in [9.17, 15) is 4.79 Å². The SMILES string of the molecule is COc1ncc(Cl)c(N2C3CCC2CN(C(=O)c2nc(C)[nH]c2C)CC3)n1. The third kappa shape index (κ3) is 3.22. The molecule has 2 aromatic rings. The molecule has 1 amide bonds. The van der Waals surface area contributed by atoms with Gasteiger partial charge in [0.15, 0.2) is 5.82 Å². The van der Waals surface area contributed by atoms with Crippen LogP contribution in [0.1, 0.15) is 41.3 Å². The fraction of sp³-hybridized carbons (Fsp3) is 0.556. The van der Waals surface area contributed by atoms with Crippen LogP contribution < -0.4 is 9.64 Å². The first-order valence-electron chi connectivity index (χ1n) is 9.15. The fourth-order valence-corrected chi connectivity index (χ4v) is 4.38. The lowest BCUT2D eigenvalue weighted by Gasteiger charge is -2.30. The van der Waals surface area contributed by atoms with E-state index in [1.165, 1.54) is 0 Å². The standard InChI is InChI=1S/C18H23ClN6O2/c1-10-15(22-11(2)21-10)17(26)24-7-6-12-4-5-13(9-24)25(12)16-14(19)8-20-18(23-16)27-3/h8,12-13H,4-7,9H2,1-3H3,(H,21,22). The maximum Gasteiger partial charge on any atom is 0.318 e. The Kier molecular flexibility index (Phi) is 4.67. The maximum absolute atomic E-state index is 13.0. The van der Waals surface area contributed by atoms with Crippen LogP contribution in [0.2, 0.25) is 5.02 Å². The Bertz CT molecular complexity index is 870. The number of aromatic amines is 1. The highest BCUT2D eigenvalue weighted by molar-refractivity contribution is 6.32. The number of nitrogens with one attached hydrogen (secondary N) is 1. The van der Waals surface area contributed by atoms with E-state index in [4.69, 9.17) is 16.3 Å². The minimum Gasteiger partial charge on any atom is -0.467 e. The van der Waals surface area contributed by atoms with Crippen molar-refractivity contribution in [3.05, 3.63) is 28.4 Å². The van der Waals surface area contributed by atoms with Crippen molar-refractivity contribution in [1.82, 2.24) is 24.8 Å². The molecule has 144 valence electrons. The first-order chi connectivity index (χ1) is 13.0. The zero-order valence-corrected chi connectivity index (χ0v) is 16.5. The van der Waals surface area contributed by atoms with Gasteiger partial charge in [0.1, 0.15) is 16.5 Å². The lowest BCUT2D eigenvalue weighted by molar-refractivity contribution is 0.0743. The third-order valence-electron chi connectivity index (χ3n) is 5.41. The number of rotatable bonds is 3. The van der Waals surface area contributed by atoms with E-state index in [2.05, 4.69) is 24.8 Å². The Labute approximate surface area is 162 Å². The number of ether oxygens (including phenoxy) is 1. The zero-order chi connectivity index (χ0) is 19.1. The number of fused-ring (bicyclic) bond motifs is 2. The molecule has 2 aromatic heterocycles. The van der Waals surface area contributed by atoms with Crippen molar-refractivity contribution in [2.45, 2.75) is 45.2 Å². The molecule has 2 saturated heterocycles. The molecule has 27 heavy (non-hydrogen) atoms. The number of H-pyrrole nitrogens is 1. The molecule has 0 spiro atoms. The Morgan fingerprint density at radius 2 is 2.04 bits per heavy atom. The molecule has 2 unspecified atom stereocenters. The number of imidazole rings is 1. The lowest BCUT2D eigenvalue weighted by Crippen LogP contribution is -2.42. The minimum absolute atomic E-state index is 0.0179. The number of aromatic nitrogens is 4. The minimum atomic E-state index is -0.0179. The van der Waals surface area contributed by atoms with E-state index >= 15 is 0 Å². The normalized spacial score (nSPS) is 22.1. The van der Waals surface area contributed by atoms with Crippen molar-refractivity contribution < 1.29 is 9.53 Å². The summed E-state index contributed by atoms with van der Waals surface area (Å²) in [7, 11) is 1.54. The van der Waals surface area contributed by atoms with Gasteiger partial charge in [0, 0.05) is 30.9 Å². The maximum atomic E-state index is 13.0. The van der Waals surface area contributed by atoms with Crippen LogP contribution in [0.15, 0.2) is 6.20 Å². The van der Waals surface area contributed by atoms with Crippen molar-refractivity contribution in [3.8, 4) is 6.01 Å². The fourth-order valence-electron chi connectivity index (χ4n) is 4.19. The van der Waals surface area contributed by atoms with Crippen LogP contribution >= 0.6 is 11.6 Å². The Morgan fingerprint density at radius 3 is 2.74 bits per heavy atom. The van der Waals surface area contributed by atoms with E-state index in [1.807, 2.05) is 18.7 Å². The molecule has 9 heteroatoms. The number of aryl methyl sites for hydroxylation is 2. The lowest BCUT2D eigenvalue weighted by atomic mass is 10.1. The van der Waals surface area contributed by atoms with Crippen molar-refractivity contribution >= 4 is 23.3 Å². The number of hydrogen-bond acceptors (Lipinski definition) is 6. The largest absolute Gasteiger partial charge is 0.467 e. The molecule has 4 heterocycles. The predicted molar refractivity (Wildman–Crippen MR) is 101 cm³/mol.